The van der Waals surface area contributed by atoms with Gasteiger partial charge in [-0.25, -0.2) is 4.39 Å². The first kappa shape index (κ1) is 16.7. The summed E-state index contributed by atoms with van der Waals surface area (Å²) < 4.78 is 19.2. The van der Waals surface area contributed by atoms with Crippen LogP contribution in [0.1, 0.15) is 31.2 Å². The maximum atomic E-state index is 14.0. The Morgan fingerprint density at radius 3 is 2.88 bits per heavy atom. The number of carbonyl (C=O) groups is 1. The van der Waals surface area contributed by atoms with Crippen LogP contribution in [0.4, 0.5) is 21.5 Å². The van der Waals surface area contributed by atoms with Crippen LogP contribution in [0.15, 0.2) is 29.3 Å². The molecule has 0 amide bonds. The molecule has 1 fully saturated rings. The molecule has 0 unspecified atom stereocenters. The Morgan fingerprint density at radius 1 is 1.35 bits per heavy atom. The lowest BCUT2D eigenvalue weighted by molar-refractivity contribution is -0.119. The smallest absolute Gasteiger partial charge is 0.177 e. The van der Waals surface area contributed by atoms with Crippen LogP contribution in [0.5, 0.6) is 5.75 Å². The molecule has 1 aromatic heterocycles. The van der Waals surface area contributed by atoms with E-state index in [1.807, 2.05) is 13.0 Å². The van der Waals surface area contributed by atoms with E-state index in [1.54, 1.807) is 12.1 Å². The average molecular weight is 353 g/mol. The molecule has 2 heterocycles. The lowest BCUT2D eigenvalue weighted by Gasteiger charge is -2.15. The van der Waals surface area contributed by atoms with E-state index in [0.29, 0.717) is 24.2 Å². The summed E-state index contributed by atoms with van der Waals surface area (Å²) in [7, 11) is 1.43. The first-order valence-electron chi connectivity index (χ1n) is 8.74. The molecule has 1 aliphatic heterocycles. The Kier molecular flexibility index (Phi) is 4.18. The second kappa shape index (κ2) is 6.52. The number of methoxy groups -OCH3 is 1. The van der Waals surface area contributed by atoms with Crippen molar-refractivity contribution in [2.75, 3.05) is 12.4 Å². The normalized spacial score (nSPS) is 15.4. The highest BCUT2D eigenvalue weighted by molar-refractivity contribution is 5.95. The van der Waals surface area contributed by atoms with Crippen LogP contribution in [0.25, 0.3) is 0 Å². The highest BCUT2D eigenvalue weighted by atomic mass is 19.1. The summed E-state index contributed by atoms with van der Waals surface area (Å²) >= 11 is 0. The van der Waals surface area contributed by atoms with Gasteiger partial charge in [0.1, 0.15) is 11.5 Å². The van der Waals surface area contributed by atoms with Gasteiger partial charge in [-0.15, -0.1) is 0 Å². The number of para-hydroxylation sites is 1. The topological polar surface area (TPSA) is 63.6 Å². The molecule has 1 aliphatic carbocycles. The lowest BCUT2D eigenvalue weighted by Crippen LogP contribution is -2.08. The van der Waals surface area contributed by atoms with E-state index in [2.05, 4.69) is 15.3 Å². The number of aromatic nitrogens is 1. The van der Waals surface area contributed by atoms with Crippen molar-refractivity contribution in [2.24, 2.45) is 10.9 Å². The number of hydrogen-bond acceptors (Lipinski definition) is 5. The first-order valence-corrected chi connectivity index (χ1v) is 8.74. The van der Waals surface area contributed by atoms with Crippen molar-refractivity contribution < 1.29 is 13.9 Å². The number of aliphatic imine (C=N–C) groups is 1. The minimum atomic E-state index is -0.438. The van der Waals surface area contributed by atoms with Crippen LogP contribution in [0.3, 0.4) is 0 Å². The number of rotatable bonds is 6. The van der Waals surface area contributed by atoms with Gasteiger partial charge < -0.3 is 10.1 Å². The van der Waals surface area contributed by atoms with Gasteiger partial charge in [0, 0.05) is 24.5 Å². The number of Topliss-reactive ketones (excluding diaryl/α,β-unsaturated/α-hetero) is 1. The van der Waals surface area contributed by atoms with Crippen molar-refractivity contribution in [1.29, 1.82) is 0 Å². The summed E-state index contributed by atoms with van der Waals surface area (Å²) in [6, 6.07) is 6.55. The Balaban J connectivity index is 1.71. The van der Waals surface area contributed by atoms with Crippen molar-refractivity contribution in [1.82, 2.24) is 4.98 Å². The SMILES string of the molecule is COc1c(F)cccc1Nc1cc(CC(=O)C2CC2)nc2c1N=C(C)C2. The third-order valence-electron chi connectivity index (χ3n) is 4.67. The zero-order valence-corrected chi connectivity index (χ0v) is 14.8. The molecule has 1 aromatic carbocycles. The number of carbonyl (C=O) groups excluding carboxylic acids is 1. The average Bonchev–Trinajstić information content (AvgIpc) is 3.37. The Labute approximate surface area is 151 Å². The standard InChI is InChI=1S/C20H20FN3O2/c1-11-8-16-19(22-11)17(9-13(23-16)10-18(25)12-6-7-12)24-15-5-3-4-14(21)20(15)26-2/h3-5,9,12H,6-8,10H2,1-2H3,(H,23,24). The number of anilines is 2. The van der Waals surface area contributed by atoms with Gasteiger partial charge in [0.25, 0.3) is 0 Å². The van der Waals surface area contributed by atoms with E-state index >= 15 is 0 Å². The van der Waals surface area contributed by atoms with E-state index in [1.165, 1.54) is 13.2 Å². The van der Waals surface area contributed by atoms with E-state index in [-0.39, 0.29) is 17.5 Å². The maximum Gasteiger partial charge on any atom is 0.177 e. The van der Waals surface area contributed by atoms with Gasteiger partial charge in [-0.1, -0.05) is 6.07 Å². The summed E-state index contributed by atoms with van der Waals surface area (Å²) in [5.74, 6) is 0.143. The predicted octanol–water partition coefficient (Wildman–Crippen LogP) is 4.14. The molecular weight excluding hydrogens is 333 g/mol. The fourth-order valence-corrected chi connectivity index (χ4v) is 3.24. The number of nitrogens with one attached hydrogen (secondary N) is 1. The zero-order chi connectivity index (χ0) is 18.3. The number of ketones is 1. The minimum absolute atomic E-state index is 0.146. The molecule has 0 radical (unpaired) electrons. The molecule has 0 atom stereocenters. The summed E-state index contributed by atoms with van der Waals surface area (Å²) in [6.07, 6.45) is 2.96. The largest absolute Gasteiger partial charge is 0.492 e. The zero-order valence-electron chi connectivity index (χ0n) is 14.8. The monoisotopic (exact) mass is 353 g/mol. The third kappa shape index (κ3) is 3.19. The minimum Gasteiger partial charge on any atom is -0.492 e. The van der Waals surface area contributed by atoms with Crippen molar-refractivity contribution in [3.8, 4) is 5.75 Å². The maximum absolute atomic E-state index is 14.0. The van der Waals surface area contributed by atoms with Crippen LogP contribution in [-0.4, -0.2) is 23.6 Å². The molecule has 0 spiro atoms. The molecule has 4 rings (SSSR count). The molecule has 1 N–H and O–H groups in total. The fourth-order valence-electron chi connectivity index (χ4n) is 3.24. The van der Waals surface area contributed by atoms with E-state index in [0.717, 1.165) is 35.6 Å². The molecular formula is C20H20FN3O2. The highest BCUT2D eigenvalue weighted by Gasteiger charge is 2.30. The number of nitrogens with zero attached hydrogens (tertiary/aromatic N) is 2. The van der Waals surface area contributed by atoms with Gasteiger partial charge in [0.2, 0.25) is 0 Å². The highest BCUT2D eigenvalue weighted by Crippen LogP contribution is 2.39. The molecule has 2 aromatic rings. The van der Waals surface area contributed by atoms with Gasteiger partial charge >= 0.3 is 0 Å². The molecule has 2 aliphatic rings. The van der Waals surface area contributed by atoms with Gasteiger partial charge in [-0.3, -0.25) is 14.8 Å². The van der Waals surface area contributed by atoms with Crippen LogP contribution in [0.2, 0.25) is 0 Å². The summed E-state index contributed by atoms with van der Waals surface area (Å²) in [5, 5.41) is 3.22. The molecule has 6 heteroatoms. The molecule has 5 nitrogen and oxygen atoms in total. The van der Waals surface area contributed by atoms with Gasteiger partial charge in [0.15, 0.2) is 11.6 Å². The third-order valence-corrected chi connectivity index (χ3v) is 4.67. The van der Waals surface area contributed by atoms with Crippen molar-refractivity contribution >= 4 is 28.6 Å². The van der Waals surface area contributed by atoms with Crippen LogP contribution in [-0.2, 0) is 17.6 Å². The summed E-state index contributed by atoms with van der Waals surface area (Å²) in [4.78, 5) is 21.4. The molecule has 0 saturated heterocycles. The number of fused-ring (bicyclic) bond motifs is 1. The number of pyridine rings is 1. The molecule has 1 saturated carbocycles. The van der Waals surface area contributed by atoms with Gasteiger partial charge in [-0.2, -0.15) is 0 Å². The second-order valence-electron chi connectivity index (χ2n) is 6.84. The van der Waals surface area contributed by atoms with E-state index in [4.69, 9.17) is 4.74 Å². The Hall–Kier alpha value is -2.76. The fraction of sp³-hybridized carbons (Fsp3) is 0.350. The van der Waals surface area contributed by atoms with Crippen LogP contribution >= 0.6 is 0 Å². The van der Waals surface area contributed by atoms with Gasteiger partial charge in [0.05, 0.1) is 29.9 Å². The predicted molar refractivity (Wildman–Crippen MR) is 98.4 cm³/mol. The first-order chi connectivity index (χ1) is 12.5. The van der Waals surface area contributed by atoms with Crippen molar-refractivity contribution in [3.63, 3.8) is 0 Å². The number of halogens is 1. The Morgan fingerprint density at radius 2 is 2.15 bits per heavy atom. The van der Waals surface area contributed by atoms with Crippen LogP contribution in [0, 0.1) is 11.7 Å². The van der Waals surface area contributed by atoms with E-state index in [9.17, 15) is 9.18 Å². The molecule has 134 valence electrons. The van der Waals surface area contributed by atoms with Crippen molar-refractivity contribution in [2.45, 2.75) is 32.6 Å². The summed E-state index contributed by atoms with van der Waals surface area (Å²) in [5.41, 5.74) is 4.52. The molecule has 0 bridgehead atoms. The number of benzene rings is 1. The lowest BCUT2D eigenvalue weighted by atomic mass is 10.1. The quantitative estimate of drug-likeness (QED) is 0.848. The number of hydrogen-bond donors (Lipinski definition) is 1. The van der Waals surface area contributed by atoms with Crippen molar-refractivity contribution in [3.05, 3.63) is 41.5 Å². The Bertz CT molecular complexity index is 920. The number of ether oxygens (including phenoxy) is 1. The molecule has 26 heavy (non-hydrogen) atoms. The van der Waals surface area contributed by atoms with E-state index < -0.39 is 5.82 Å². The van der Waals surface area contributed by atoms with Gasteiger partial charge in [-0.05, 0) is 38.0 Å². The van der Waals surface area contributed by atoms with Crippen LogP contribution < -0.4 is 10.1 Å². The second-order valence-corrected chi connectivity index (χ2v) is 6.84. The summed E-state index contributed by atoms with van der Waals surface area (Å²) in [6.45, 7) is 1.95.